The van der Waals surface area contributed by atoms with Crippen LogP contribution in [0, 0.1) is 0 Å². The number of rotatable bonds is 33. The first-order chi connectivity index (χ1) is 38.0. The molecule has 0 saturated carbocycles. The topological polar surface area (TPSA) is 232 Å². The monoisotopic (exact) mass is 1160 g/mol. The van der Waals surface area contributed by atoms with Crippen LogP contribution < -0.4 is 14.8 Å². The number of unbranched alkanes of at least 4 members (excludes halogenated alkanes) is 3. The molecule has 22 nitrogen and oxygen atoms in total. The van der Waals surface area contributed by atoms with Gasteiger partial charge in [0, 0.05) is 44.8 Å². The third-order valence-corrected chi connectivity index (χ3v) is 12.5. The van der Waals surface area contributed by atoms with E-state index in [1.807, 2.05) is 18.3 Å². The van der Waals surface area contributed by atoms with Crippen molar-refractivity contribution < 1.29 is 66.7 Å². The van der Waals surface area contributed by atoms with Crippen LogP contribution in [-0.4, -0.2) is 203 Å². The van der Waals surface area contributed by atoms with Crippen molar-refractivity contribution in [3.63, 3.8) is 0 Å². The SMILES string of the molecule is CCN1CCC[C@H]1CNC(=O)c1cc(CCCCCCn2cc(COC[C@H](CN(CCN(CC(=O)OC(C)(C)C)CC(=O)OC(C)(C)C)CC(=O)OC(C)(C)C)N(CC(=O)OC(C)(C)C)CC(=O)OC(C)(C)C)nn2)cc(OC)c1OC. The van der Waals surface area contributed by atoms with E-state index in [1.165, 1.54) is 0 Å². The van der Waals surface area contributed by atoms with Gasteiger partial charge in [-0.05, 0) is 167 Å². The summed E-state index contributed by atoms with van der Waals surface area (Å²) in [6, 6.07) is 3.41. The second-order valence-corrected chi connectivity index (χ2v) is 26.1. The number of carbonyl (C=O) groups excluding carboxylic acids is 6. The fourth-order valence-corrected chi connectivity index (χ4v) is 9.32. The zero-order chi connectivity index (χ0) is 61.6. The highest BCUT2D eigenvalue weighted by atomic mass is 16.6. The fraction of sp³-hybridized carbons (Fsp3) is 0.767. The van der Waals surface area contributed by atoms with Crippen molar-refractivity contribution in [2.45, 2.75) is 209 Å². The van der Waals surface area contributed by atoms with Crippen molar-refractivity contribution in [1.29, 1.82) is 0 Å². The summed E-state index contributed by atoms with van der Waals surface area (Å²) < 4.78 is 48.0. The summed E-state index contributed by atoms with van der Waals surface area (Å²) in [5.74, 6) is -2.10. The van der Waals surface area contributed by atoms with Gasteiger partial charge in [-0.25, -0.2) is 0 Å². The Balaban J connectivity index is 1.82. The van der Waals surface area contributed by atoms with Gasteiger partial charge in [0.2, 0.25) is 0 Å². The van der Waals surface area contributed by atoms with Crippen LogP contribution in [0.15, 0.2) is 18.3 Å². The molecule has 22 heteroatoms. The highest BCUT2D eigenvalue weighted by molar-refractivity contribution is 5.98. The molecule has 2 heterocycles. The Bertz CT molecular complexity index is 2280. The van der Waals surface area contributed by atoms with E-state index >= 15 is 0 Å². The zero-order valence-electron chi connectivity index (χ0n) is 53.1. The standard InChI is InChI=1S/C60H102N8O14/c1-19-66-27-24-26-45(66)33-61-55(74)47-31-43(32-48(75-17)54(47)76-18)25-22-20-21-23-28-68-34-44(62-63-68)41-77-42-46(67(39-52(72)81-59(11,12)13)40-53(73)82-60(14,15)16)35-64(36-49(69)78-56(2,3)4)29-30-65(37-50(70)79-57(5,6)7)38-51(71)80-58(8,9)10/h31-32,34,45-46H,19-30,33,35-42H2,1-18H3,(H,61,74)/t45-,46-/m0/s1. The number of amides is 1. The number of nitrogens with one attached hydrogen (secondary N) is 1. The molecule has 2 aromatic rings. The van der Waals surface area contributed by atoms with Gasteiger partial charge in [-0.1, -0.05) is 25.0 Å². The number of benzene rings is 1. The molecule has 1 saturated heterocycles. The van der Waals surface area contributed by atoms with Crippen LogP contribution in [-0.2, 0) is 72.0 Å². The van der Waals surface area contributed by atoms with Gasteiger partial charge in [-0.3, -0.25) is 53.0 Å². The van der Waals surface area contributed by atoms with Crippen molar-refractivity contribution >= 4 is 35.8 Å². The first-order valence-corrected chi connectivity index (χ1v) is 29.1. The van der Waals surface area contributed by atoms with E-state index in [0.717, 1.165) is 63.6 Å². The number of hydrogen-bond acceptors (Lipinski definition) is 20. The van der Waals surface area contributed by atoms with E-state index in [-0.39, 0.29) is 71.5 Å². The number of hydrogen-bond donors (Lipinski definition) is 1. The van der Waals surface area contributed by atoms with Crippen molar-refractivity contribution in [3.8, 4) is 11.5 Å². The number of likely N-dealkylation sites (tertiary alicyclic amines) is 1. The van der Waals surface area contributed by atoms with E-state index in [0.29, 0.717) is 41.9 Å². The van der Waals surface area contributed by atoms with Gasteiger partial charge in [-0.15, -0.1) is 5.10 Å². The molecule has 1 aromatic heterocycles. The molecular formula is C60H102N8O14. The maximum atomic E-state index is 13.7. The molecule has 0 bridgehead atoms. The van der Waals surface area contributed by atoms with Gasteiger partial charge in [0.25, 0.3) is 5.91 Å². The molecule has 0 radical (unpaired) electrons. The molecule has 0 aliphatic carbocycles. The van der Waals surface area contributed by atoms with Crippen LogP contribution in [0.1, 0.15) is 171 Å². The summed E-state index contributed by atoms with van der Waals surface area (Å²) in [5, 5.41) is 11.9. The Morgan fingerprint density at radius 2 is 1.16 bits per heavy atom. The van der Waals surface area contributed by atoms with E-state index in [9.17, 15) is 28.8 Å². The largest absolute Gasteiger partial charge is 0.493 e. The van der Waals surface area contributed by atoms with Crippen molar-refractivity contribution in [1.82, 2.24) is 39.9 Å². The number of carbonyl (C=O) groups is 6. The Kier molecular flexibility index (Phi) is 28.2. The van der Waals surface area contributed by atoms with Crippen LogP contribution in [0.25, 0.3) is 0 Å². The minimum atomic E-state index is -0.844. The molecule has 82 heavy (non-hydrogen) atoms. The van der Waals surface area contributed by atoms with Gasteiger partial charge in [0.05, 0.1) is 71.9 Å². The number of likely N-dealkylation sites (N-methyl/N-ethyl adjacent to an activating group) is 1. The van der Waals surface area contributed by atoms with Gasteiger partial charge in [-0.2, -0.15) is 0 Å². The number of methoxy groups -OCH3 is 2. The fourth-order valence-electron chi connectivity index (χ4n) is 9.32. The molecule has 466 valence electrons. The molecular weight excluding hydrogens is 1060 g/mol. The Morgan fingerprint density at radius 3 is 1.66 bits per heavy atom. The van der Waals surface area contributed by atoms with Gasteiger partial charge in [0.1, 0.15) is 33.7 Å². The molecule has 1 N–H and O–H groups in total. The van der Waals surface area contributed by atoms with Crippen LogP contribution >= 0.6 is 0 Å². The predicted molar refractivity (Wildman–Crippen MR) is 311 cm³/mol. The third kappa shape index (κ3) is 29.2. The molecule has 0 spiro atoms. The second-order valence-electron chi connectivity index (χ2n) is 26.1. The molecule has 1 aliphatic rings. The van der Waals surface area contributed by atoms with Crippen LogP contribution in [0.2, 0.25) is 0 Å². The van der Waals surface area contributed by atoms with E-state index in [4.69, 9.17) is 37.9 Å². The average Bonchev–Trinajstić information content (AvgIpc) is 4.14. The number of nitrogens with zero attached hydrogens (tertiary/aromatic N) is 7. The Labute approximate surface area is 489 Å². The summed E-state index contributed by atoms with van der Waals surface area (Å²) in [6.07, 6.45) is 8.36. The van der Waals surface area contributed by atoms with Crippen molar-refractivity contribution in [3.05, 3.63) is 35.2 Å². The Hall–Kier alpha value is -5.42. The highest BCUT2D eigenvalue weighted by Crippen LogP contribution is 2.33. The van der Waals surface area contributed by atoms with Gasteiger partial charge >= 0.3 is 29.8 Å². The molecule has 0 unspecified atom stereocenters. The molecule has 1 amide bonds. The number of ether oxygens (including phenoxy) is 8. The van der Waals surface area contributed by atoms with Crippen LogP contribution in [0.5, 0.6) is 11.5 Å². The maximum absolute atomic E-state index is 13.7. The molecule has 2 atom stereocenters. The minimum Gasteiger partial charge on any atom is -0.493 e. The highest BCUT2D eigenvalue weighted by Gasteiger charge is 2.33. The molecule has 3 rings (SSSR count). The summed E-state index contributed by atoms with van der Waals surface area (Å²) in [7, 11) is 3.13. The predicted octanol–water partition coefficient (Wildman–Crippen LogP) is 6.81. The van der Waals surface area contributed by atoms with E-state index < -0.39 is 63.9 Å². The quantitative estimate of drug-likeness (QED) is 0.0439. The third-order valence-electron chi connectivity index (χ3n) is 12.5. The average molecular weight is 1160 g/mol. The molecule has 1 fully saturated rings. The van der Waals surface area contributed by atoms with Gasteiger partial charge in [0.15, 0.2) is 11.5 Å². The van der Waals surface area contributed by atoms with Crippen LogP contribution in [0.4, 0.5) is 0 Å². The normalized spacial score (nSPS) is 14.9. The lowest BCUT2D eigenvalue weighted by Gasteiger charge is -2.36. The first kappa shape index (κ1) is 70.8. The maximum Gasteiger partial charge on any atom is 0.320 e. The summed E-state index contributed by atoms with van der Waals surface area (Å²) in [5.41, 5.74) is -2.09. The lowest BCUT2D eigenvalue weighted by Crippen LogP contribution is -2.53. The lowest BCUT2D eigenvalue weighted by atomic mass is 10.0. The summed E-state index contributed by atoms with van der Waals surface area (Å²) >= 11 is 0. The second kappa shape index (κ2) is 32.6. The lowest BCUT2D eigenvalue weighted by molar-refractivity contribution is -0.163. The van der Waals surface area contributed by atoms with E-state index in [1.54, 1.807) is 137 Å². The number of aromatic nitrogens is 3. The molecule has 1 aliphatic heterocycles. The number of aryl methyl sites for hydroxylation is 2. The Morgan fingerprint density at radius 1 is 0.659 bits per heavy atom. The molecule has 1 aromatic carbocycles. The summed E-state index contributed by atoms with van der Waals surface area (Å²) in [4.78, 5) is 88.3. The number of esters is 5. The van der Waals surface area contributed by atoms with Crippen molar-refractivity contribution in [2.75, 3.05) is 92.8 Å². The summed E-state index contributed by atoms with van der Waals surface area (Å²) in [6.45, 7) is 30.4. The van der Waals surface area contributed by atoms with E-state index in [2.05, 4.69) is 27.5 Å². The van der Waals surface area contributed by atoms with Crippen LogP contribution in [0.3, 0.4) is 0 Å². The zero-order valence-corrected chi connectivity index (χ0v) is 53.1. The minimum absolute atomic E-state index is 0.0257. The van der Waals surface area contributed by atoms with Crippen molar-refractivity contribution in [2.24, 2.45) is 0 Å². The smallest absolute Gasteiger partial charge is 0.320 e. The van der Waals surface area contributed by atoms with Gasteiger partial charge < -0.3 is 43.2 Å². The first-order valence-electron chi connectivity index (χ1n) is 29.1.